The summed E-state index contributed by atoms with van der Waals surface area (Å²) in [5.41, 5.74) is 2.21. The highest BCUT2D eigenvalue weighted by Crippen LogP contribution is 2.51. The molecule has 1 fully saturated rings. The van der Waals surface area contributed by atoms with E-state index >= 15 is 0 Å². The number of methoxy groups -OCH3 is 2. The number of nitrogens with zero attached hydrogens (tertiary/aromatic N) is 1. The third-order valence-electron chi connectivity index (χ3n) is 8.45. The minimum Gasteiger partial charge on any atom is -0.497 e. The molecule has 4 N–H and O–H groups in total. The molecule has 0 aliphatic carbocycles. The van der Waals surface area contributed by atoms with Gasteiger partial charge in [-0.05, 0) is 47.0 Å². The van der Waals surface area contributed by atoms with E-state index in [4.69, 9.17) is 14.2 Å². The number of benzene rings is 4. The van der Waals surface area contributed by atoms with Gasteiger partial charge in [-0.1, -0.05) is 48.5 Å². The Morgan fingerprint density at radius 1 is 0.909 bits per heavy atom. The maximum absolute atomic E-state index is 11.8. The summed E-state index contributed by atoms with van der Waals surface area (Å²) >= 11 is 0. The Morgan fingerprint density at radius 3 is 2.25 bits per heavy atom. The normalized spacial score (nSPS) is 22.2. The average molecular weight is 597 g/mol. The van der Waals surface area contributed by atoms with Crippen molar-refractivity contribution in [3.05, 3.63) is 135 Å². The van der Waals surface area contributed by atoms with Gasteiger partial charge in [-0.15, -0.1) is 0 Å². The second kappa shape index (κ2) is 11.7. The Labute approximate surface area is 253 Å². The molecule has 2 heterocycles. The van der Waals surface area contributed by atoms with Crippen molar-refractivity contribution in [1.29, 1.82) is 0 Å². The lowest BCUT2D eigenvalue weighted by Gasteiger charge is -2.35. The number of non-ortho nitro benzene ring substituents is 1. The number of H-pyrrole nitrogens is 1. The van der Waals surface area contributed by atoms with Gasteiger partial charge in [0.2, 0.25) is 0 Å². The Morgan fingerprint density at radius 2 is 1.61 bits per heavy atom. The number of hydrogen-bond donors (Lipinski definition) is 4. The van der Waals surface area contributed by atoms with Crippen LogP contribution in [0.15, 0.2) is 97.2 Å². The summed E-state index contributed by atoms with van der Waals surface area (Å²) in [6, 6.07) is 27.6. The van der Waals surface area contributed by atoms with Gasteiger partial charge < -0.3 is 34.5 Å². The first kappa shape index (κ1) is 29.3. The lowest BCUT2D eigenvalue weighted by molar-refractivity contribution is -0.384. The Hall–Kier alpha value is -4.74. The van der Waals surface area contributed by atoms with E-state index in [-0.39, 0.29) is 11.6 Å². The summed E-state index contributed by atoms with van der Waals surface area (Å²) in [4.78, 5) is 14.3. The van der Waals surface area contributed by atoms with E-state index < -0.39 is 35.4 Å². The molecular formula is C34H32N2O8. The summed E-state index contributed by atoms with van der Waals surface area (Å²) in [6.07, 6.45) is -2.58. The molecule has 10 heteroatoms. The molecule has 1 saturated heterocycles. The van der Waals surface area contributed by atoms with Crippen LogP contribution in [0.5, 0.6) is 11.5 Å². The van der Waals surface area contributed by atoms with Crippen LogP contribution in [0.4, 0.5) is 5.69 Å². The summed E-state index contributed by atoms with van der Waals surface area (Å²) in [6.45, 7) is -0.566. The molecule has 4 aromatic carbocycles. The number of hydrogen-bond acceptors (Lipinski definition) is 8. The first-order valence-electron chi connectivity index (χ1n) is 14.1. The largest absolute Gasteiger partial charge is 0.497 e. The highest BCUT2D eigenvalue weighted by Gasteiger charge is 2.58. The number of aromatic amines is 1. The third-order valence-corrected chi connectivity index (χ3v) is 8.45. The molecule has 0 spiro atoms. The summed E-state index contributed by atoms with van der Waals surface area (Å²) in [7, 11) is 3.10. The van der Waals surface area contributed by atoms with Crippen LogP contribution in [0.2, 0.25) is 0 Å². The fraction of sp³-hybridized carbons (Fsp3) is 0.235. The van der Waals surface area contributed by atoms with Crippen molar-refractivity contribution < 1.29 is 34.5 Å². The van der Waals surface area contributed by atoms with Crippen LogP contribution in [0.3, 0.4) is 0 Å². The van der Waals surface area contributed by atoms with Gasteiger partial charge in [0.15, 0.2) is 5.60 Å². The molecular weight excluding hydrogens is 564 g/mol. The molecule has 0 saturated carbocycles. The van der Waals surface area contributed by atoms with E-state index in [1.54, 1.807) is 25.4 Å². The molecule has 6 rings (SSSR count). The third kappa shape index (κ3) is 4.78. The monoisotopic (exact) mass is 596 g/mol. The van der Waals surface area contributed by atoms with Crippen LogP contribution in [-0.2, 0) is 10.3 Å². The van der Waals surface area contributed by atoms with Crippen LogP contribution < -0.4 is 9.47 Å². The van der Waals surface area contributed by atoms with Gasteiger partial charge >= 0.3 is 0 Å². The van der Waals surface area contributed by atoms with Crippen molar-refractivity contribution in [1.82, 2.24) is 4.98 Å². The molecule has 226 valence electrons. The zero-order chi connectivity index (χ0) is 31.0. The van der Waals surface area contributed by atoms with Crippen molar-refractivity contribution >= 4 is 16.6 Å². The zero-order valence-corrected chi connectivity index (χ0v) is 24.1. The van der Waals surface area contributed by atoms with E-state index in [0.717, 1.165) is 22.4 Å². The molecule has 10 nitrogen and oxygen atoms in total. The number of fused-ring (bicyclic) bond motifs is 1. The number of nitro groups is 1. The van der Waals surface area contributed by atoms with Gasteiger partial charge in [0.25, 0.3) is 5.69 Å². The highest BCUT2D eigenvalue weighted by atomic mass is 16.6. The number of aliphatic hydroxyl groups is 3. The number of ether oxygens (including phenoxy) is 3. The predicted octanol–water partition coefficient (Wildman–Crippen LogP) is 4.63. The lowest BCUT2D eigenvalue weighted by Crippen LogP contribution is -2.42. The minimum atomic E-state index is -1.78. The van der Waals surface area contributed by atoms with Crippen molar-refractivity contribution in [3.63, 3.8) is 0 Å². The van der Waals surface area contributed by atoms with E-state index in [9.17, 15) is 25.4 Å². The zero-order valence-electron chi connectivity index (χ0n) is 24.1. The standard InChI is InChI=1S/C34H32N2O8/c1-42-24-12-8-21(9-13-24)31(20-6-4-3-5-7-20)22-10-15-29(43-2)26(16-22)34(33(39)32(38)30(19-37)44-34)27-18-35-28-14-11-23(36(40)41)17-25(27)28/h3-18,30-33,35,37-39H,19H2,1-2H3/t30-,31?,32-,33-,34?/m1/s1. The molecule has 1 aliphatic rings. The number of rotatable bonds is 9. The molecule has 1 aliphatic heterocycles. The van der Waals surface area contributed by atoms with Crippen molar-refractivity contribution in [2.45, 2.75) is 29.8 Å². The summed E-state index contributed by atoms with van der Waals surface area (Å²) < 4.78 is 17.6. The topological polar surface area (TPSA) is 147 Å². The number of aliphatic hydroxyl groups excluding tert-OH is 3. The second-order valence-electron chi connectivity index (χ2n) is 10.8. The molecule has 5 aromatic rings. The fourth-order valence-corrected chi connectivity index (χ4v) is 6.30. The van der Waals surface area contributed by atoms with E-state index in [1.165, 1.54) is 19.2 Å². The number of aromatic nitrogens is 1. The quantitative estimate of drug-likeness (QED) is 0.109. The minimum absolute atomic E-state index is 0.149. The smallest absolute Gasteiger partial charge is 0.270 e. The van der Waals surface area contributed by atoms with Gasteiger partial charge in [0, 0.05) is 46.3 Å². The van der Waals surface area contributed by atoms with Gasteiger partial charge in [-0.25, -0.2) is 0 Å². The van der Waals surface area contributed by atoms with Crippen LogP contribution in [0, 0.1) is 10.1 Å². The SMILES string of the molecule is COc1ccc(C(c2ccccc2)c2ccc(OC)c(C3(c4c[nH]c5ccc([N+](=O)[O-])cc45)O[C@H](CO)[C@@H](O)[C@H]3O)c2)cc1. The van der Waals surface area contributed by atoms with E-state index in [1.807, 2.05) is 66.7 Å². The molecule has 0 bridgehead atoms. The van der Waals surface area contributed by atoms with Crippen molar-refractivity contribution in [2.75, 3.05) is 20.8 Å². The molecule has 1 aromatic heterocycles. The molecule has 2 unspecified atom stereocenters. The van der Waals surface area contributed by atoms with Crippen LogP contribution in [0.25, 0.3) is 10.9 Å². The summed E-state index contributed by atoms with van der Waals surface area (Å²) in [5.74, 6) is 0.819. The van der Waals surface area contributed by atoms with Crippen molar-refractivity contribution in [2.24, 2.45) is 0 Å². The predicted molar refractivity (Wildman–Crippen MR) is 163 cm³/mol. The van der Waals surface area contributed by atoms with Crippen molar-refractivity contribution in [3.8, 4) is 11.5 Å². The van der Waals surface area contributed by atoms with Gasteiger partial charge in [-0.2, -0.15) is 0 Å². The molecule has 5 atom stereocenters. The first-order chi connectivity index (χ1) is 21.3. The molecule has 0 radical (unpaired) electrons. The first-order valence-corrected chi connectivity index (χ1v) is 14.1. The number of nitro benzene ring substituents is 1. The van der Waals surface area contributed by atoms with E-state index in [0.29, 0.717) is 27.8 Å². The van der Waals surface area contributed by atoms with Gasteiger partial charge in [-0.3, -0.25) is 10.1 Å². The average Bonchev–Trinajstić information content (AvgIpc) is 3.60. The van der Waals surface area contributed by atoms with Crippen LogP contribution in [0.1, 0.15) is 33.7 Å². The van der Waals surface area contributed by atoms with E-state index in [2.05, 4.69) is 4.98 Å². The highest BCUT2D eigenvalue weighted by molar-refractivity contribution is 5.87. The summed E-state index contributed by atoms with van der Waals surface area (Å²) in [5, 5.41) is 45.2. The van der Waals surface area contributed by atoms with Crippen LogP contribution in [-0.4, -0.2) is 64.4 Å². The molecule has 44 heavy (non-hydrogen) atoms. The Kier molecular flexibility index (Phi) is 7.83. The number of nitrogens with one attached hydrogen (secondary N) is 1. The van der Waals surface area contributed by atoms with Gasteiger partial charge in [0.1, 0.15) is 29.8 Å². The Bertz CT molecular complexity index is 1790. The molecule has 0 amide bonds. The fourth-order valence-electron chi connectivity index (χ4n) is 6.30. The van der Waals surface area contributed by atoms with Crippen LogP contribution >= 0.6 is 0 Å². The Balaban J connectivity index is 1.62. The maximum atomic E-state index is 11.8. The maximum Gasteiger partial charge on any atom is 0.270 e. The lowest BCUT2D eigenvalue weighted by atomic mass is 9.77. The second-order valence-corrected chi connectivity index (χ2v) is 10.8. The van der Waals surface area contributed by atoms with Gasteiger partial charge in [0.05, 0.1) is 25.7 Å².